The fraction of sp³-hybridized carbons (Fsp3) is 0.250. The van der Waals surface area contributed by atoms with Gasteiger partial charge >= 0.3 is 0 Å². The van der Waals surface area contributed by atoms with Gasteiger partial charge in [-0.05, 0) is 49.6 Å². The van der Waals surface area contributed by atoms with Crippen LogP contribution in [0, 0.1) is 13.8 Å². The molecule has 1 heteroatoms. The molecule has 17 heavy (non-hydrogen) atoms. The summed E-state index contributed by atoms with van der Waals surface area (Å²) in [5.41, 5.74) is 5.08. The van der Waals surface area contributed by atoms with E-state index in [1.807, 2.05) is 19.1 Å². The smallest absolute Gasteiger partial charge is 0.119 e. The van der Waals surface area contributed by atoms with E-state index in [4.69, 9.17) is 4.74 Å². The van der Waals surface area contributed by atoms with Gasteiger partial charge < -0.3 is 4.74 Å². The average Bonchev–Trinajstić information content (AvgIpc) is 2.33. The summed E-state index contributed by atoms with van der Waals surface area (Å²) in [6, 6.07) is 14.8. The van der Waals surface area contributed by atoms with Gasteiger partial charge in [-0.2, -0.15) is 0 Å². The summed E-state index contributed by atoms with van der Waals surface area (Å²) in [6.45, 7) is 6.97. The average molecular weight is 226 g/mol. The molecule has 2 rings (SSSR count). The summed E-state index contributed by atoms with van der Waals surface area (Å²) in [6.07, 6.45) is 0. The topological polar surface area (TPSA) is 9.23 Å². The van der Waals surface area contributed by atoms with Crippen molar-refractivity contribution in [3.63, 3.8) is 0 Å². The SMILES string of the molecule is CCOc1cccc(-c2cc(C)ccc2C)c1. The molecule has 0 heterocycles. The number of hydrogen-bond donors (Lipinski definition) is 0. The predicted octanol–water partition coefficient (Wildman–Crippen LogP) is 4.37. The zero-order chi connectivity index (χ0) is 12.3. The van der Waals surface area contributed by atoms with E-state index in [2.05, 4.69) is 44.2 Å². The lowest BCUT2D eigenvalue weighted by Gasteiger charge is -2.09. The number of benzene rings is 2. The number of aryl methyl sites for hydroxylation is 2. The third kappa shape index (κ3) is 2.68. The van der Waals surface area contributed by atoms with Gasteiger partial charge in [-0.1, -0.05) is 35.9 Å². The Morgan fingerprint density at radius 1 is 1.00 bits per heavy atom. The second kappa shape index (κ2) is 5.05. The van der Waals surface area contributed by atoms with Crippen molar-refractivity contribution in [2.24, 2.45) is 0 Å². The largest absolute Gasteiger partial charge is 0.494 e. The Morgan fingerprint density at radius 3 is 2.59 bits per heavy atom. The maximum atomic E-state index is 5.54. The van der Waals surface area contributed by atoms with E-state index in [0.717, 1.165) is 5.75 Å². The van der Waals surface area contributed by atoms with Gasteiger partial charge in [0.25, 0.3) is 0 Å². The molecule has 0 aliphatic rings. The number of ether oxygens (including phenoxy) is 1. The Hall–Kier alpha value is -1.76. The molecule has 0 bridgehead atoms. The Bertz CT molecular complexity index is 515. The Balaban J connectivity index is 2.45. The van der Waals surface area contributed by atoms with Crippen LogP contribution in [0.1, 0.15) is 18.1 Å². The van der Waals surface area contributed by atoms with E-state index in [1.165, 1.54) is 22.3 Å². The second-order valence-electron chi connectivity index (χ2n) is 4.28. The predicted molar refractivity (Wildman–Crippen MR) is 72.5 cm³/mol. The lowest BCUT2D eigenvalue weighted by atomic mass is 9.98. The highest BCUT2D eigenvalue weighted by Crippen LogP contribution is 2.27. The summed E-state index contributed by atoms with van der Waals surface area (Å²) >= 11 is 0. The van der Waals surface area contributed by atoms with Crippen molar-refractivity contribution in [1.82, 2.24) is 0 Å². The molecule has 0 saturated heterocycles. The lowest BCUT2D eigenvalue weighted by molar-refractivity contribution is 0.340. The fourth-order valence-electron chi connectivity index (χ4n) is 1.97. The van der Waals surface area contributed by atoms with Gasteiger partial charge in [0.15, 0.2) is 0 Å². The standard InChI is InChI=1S/C16H18O/c1-4-17-15-7-5-6-14(11-15)16-10-12(2)8-9-13(16)3/h5-11H,4H2,1-3H3. The molecule has 0 atom stereocenters. The highest BCUT2D eigenvalue weighted by Gasteiger charge is 2.03. The molecule has 1 nitrogen and oxygen atoms in total. The van der Waals surface area contributed by atoms with Crippen molar-refractivity contribution in [1.29, 1.82) is 0 Å². The first-order chi connectivity index (χ1) is 8.20. The van der Waals surface area contributed by atoms with Crippen LogP contribution in [-0.4, -0.2) is 6.61 Å². The van der Waals surface area contributed by atoms with E-state index in [9.17, 15) is 0 Å². The first-order valence-corrected chi connectivity index (χ1v) is 6.01. The molecule has 0 N–H and O–H groups in total. The second-order valence-corrected chi connectivity index (χ2v) is 4.28. The monoisotopic (exact) mass is 226 g/mol. The molecule has 0 aromatic heterocycles. The van der Waals surface area contributed by atoms with Crippen LogP contribution in [0.2, 0.25) is 0 Å². The molecule has 2 aromatic carbocycles. The summed E-state index contributed by atoms with van der Waals surface area (Å²) in [4.78, 5) is 0. The Kier molecular flexibility index (Phi) is 3.48. The van der Waals surface area contributed by atoms with Gasteiger partial charge in [-0.25, -0.2) is 0 Å². The minimum Gasteiger partial charge on any atom is -0.494 e. The number of rotatable bonds is 3. The molecule has 88 valence electrons. The van der Waals surface area contributed by atoms with Crippen LogP contribution in [0.3, 0.4) is 0 Å². The van der Waals surface area contributed by atoms with Gasteiger partial charge in [0.1, 0.15) is 5.75 Å². The van der Waals surface area contributed by atoms with Crippen molar-refractivity contribution >= 4 is 0 Å². The van der Waals surface area contributed by atoms with Crippen LogP contribution in [0.15, 0.2) is 42.5 Å². The zero-order valence-electron chi connectivity index (χ0n) is 10.7. The van der Waals surface area contributed by atoms with Crippen LogP contribution in [-0.2, 0) is 0 Å². The molecular weight excluding hydrogens is 208 g/mol. The molecule has 0 saturated carbocycles. The van der Waals surface area contributed by atoms with E-state index in [1.54, 1.807) is 0 Å². The zero-order valence-corrected chi connectivity index (χ0v) is 10.7. The van der Waals surface area contributed by atoms with Crippen LogP contribution in [0.4, 0.5) is 0 Å². The van der Waals surface area contributed by atoms with Crippen LogP contribution in [0.5, 0.6) is 5.75 Å². The first kappa shape index (κ1) is 11.7. The summed E-state index contributed by atoms with van der Waals surface area (Å²) in [7, 11) is 0. The summed E-state index contributed by atoms with van der Waals surface area (Å²) < 4.78 is 5.54. The molecule has 0 aliphatic heterocycles. The molecule has 2 aromatic rings. The van der Waals surface area contributed by atoms with Crippen LogP contribution in [0.25, 0.3) is 11.1 Å². The van der Waals surface area contributed by atoms with Gasteiger partial charge in [-0.3, -0.25) is 0 Å². The molecule has 0 radical (unpaired) electrons. The van der Waals surface area contributed by atoms with Crippen molar-refractivity contribution in [2.45, 2.75) is 20.8 Å². The van der Waals surface area contributed by atoms with Crippen molar-refractivity contribution in [2.75, 3.05) is 6.61 Å². The third-order valence-electron chi connectivity index (χ3n) is 2.85. The van der Waals surface area contributed by atoms with Crippen LogP contribution < -0.4 is 4.74 Å². The van der Waals surface area contributed by atoms with E-state index >= 15 is 0 Å². The highest BCUT2D eigenvalue weighted by molar-refractivity contribution is 5.69. The Labute approximate surface area is 103 Å². The molecular formula is C16H18O. The molecule has 0 unspecified atom stereocenters. The summed E-state index contributed by atoms with van der Waals surface area (Å²) in [5, 5.41) is 0. The van der Waals surface area contributed by atoms with Crippen molar-refractivity contribution < 1.29 is 4.74 Å². The quantitative estimate of drug-likeness (QED) is 0.755. The minimum absolute atomic E-state index is 0.705. The normalized spacial score (nSPS) is 10.3. The molecule has 0 spiro atoms. The van der Waals surface area contributed by atoms with Crippen molar-refractivity contribution in [3.8, 4) is 16.9 Å². The van der Waals surface area contributed by atoms with Gasteiger partial charge in [0.05, 0.1) is 6.61 Å². The summed E-state index contributed by atoms with van der Waals surface area (Å²) in [5.74, 6) is 0.936. The van der Waals surface area contributed by atoms with Gasteiger partial charge in [0.2, 0.25) is 0 Å². The van der Waals surface area contributed by atoms with E-state index in [0.29, 0.717) is 6.61 Å². The van der Waals surface area contributed by atoms with E-state index in [-0.39, 0.29) is 0 Å². The van der Waals surface area contributed by atoms with Crippen LogP contribution >= 0.6 is 0 Å². The molecule has 0 aliphatic carbocycles. The number of hydrogen-bond acceptors (Lipinski definition) is 1. The lowest BCUT2D eigenvalue weighted by Crippen LogP contribution is -1.92. The Morgan fingerprint density at radius 2 is 1.82 bits per heavy atom. The maximum absolute atomic E-state index is 5.54. The van der Waals surface area contributed by atoms with Gasteiger partial charge in [0, 0.05) is 0 Å². The van der Waals surface area contributed by atoms with Gasteiger partial charge in [-0.15, -0.1) is 0 Å². The minimum atomic E-state index is 0.705. The molecule has 0 fully saturated rings. The third-order valence-corrected chi connectivity index (χ3v) is 2.85. The molecule has 0 amide bonds. The van der Waals surface area contributed by atoms with Crippen molar-refractivity contribution in [3.05, 3.63) is 53.6 Å². The maximum Gasteiger partial charge on any atom is 0.119 e. The first-order valence-electron chi connectivity index (χ1n) is 6.01. The van der Waals surface area contributed by atoms with E-state index < -0.39 is 0 Å². The fourth-order valence-corrected chi connectivity index (χ4v) is 1.97. The highest BCUT2D eigenvalue weighted by atomic mass is 16.5.